The van der Waals surface area contributed by atoms with E-state index in [0.717, 1.165) is 45.8 Å². The van der Waals surface area contributed by atoms with Crippen LogP contribution < -0.4 is 5.32 Å². The van der Waals surface area contributed by atoms with E-state index >= 15 is 0 Å². The van der Waals surface area contributed by atoms with Gasteiger partial charge in [0.2, 0.25) is 5.91 Å². The summed E-state index contributed by atoms with van der Waals surface area (Å²) in [5, 5.41) is 2.84. The van der Waals surface area contributed by atoms with E-state index in [1.807, 2.05) is 6.92 Å². The molecule has 0 radical (unpaired) electrons. The molecule has 1 heterocycles. The molecule has 94 valence electrons. The van der Waals surface area contributed by atoms with Crippen molar-refractivity contribution in [3.8, 4) is 0 Å². The van der Waals surface area contributed by atoms with Gasteiger partial charge < -0.3 is 14.8 Å². The summed E-state index contributed by atoms with van der Waals surface area (Å²) in [4.78, 5) is 13.5. The van der Waals surface area contributed by atoms with E-state index in [4.69, 9.17) is 9.47 Å². The number of ether oxygens (including phenoxy) is 2. The molecule has 5 nitrogen and oxygen atoms in total. The highest BCUT2D eigenvalue weighted by atomic mass is 16.5. The third-order valence-electron chi connectivity index (χ3n) is 2.51. The Bertz CT molecular complexity index is 194. The van der Waals surface area contributed by atoms with E-state index in [9.17, 15) is 4.79 Å². The van der Waals surface area contributed by atoms with E-state index in [0.29, 0.717) is 6.61 Å². The van der Waals surface area contributed by atoms with E-state index < -0.39 is 0 Å². The molecule has 0 unspecified atom stereocenters. The van der Waals surface area contributed by atoms with E-state index in [1.165, 1.54) is 0 Å². The molecule has 1 amide bonds. The zero-order chi connectivity index (χ0) is 11.6. The van der Waals surface area contributed by atoms with Gasteiger partial charge in [-0.15, -0.1) is 0 Å². The molecule has 0 atom stereocenters. The van der Waals surface area contributed by atoms with Crippen molar-refractivity contribution in [2.45, 2.75) is 13.3 Å². The number of carbonyl (C=O) groups is 1. The summed E-state index contributed by atoms with van der Waals surface area (Å²) in [6.45, 7) is 8.07. The Hall–Kier alpha value is -0.650. The first-order valence-electron chi connectivity index (χ1n) is 5.97. The minimum Gasteiger partial charge on any atom is -0.379 e. The smallest absolute Gasteiger partial charge is 0.245 e. The molecular weight excluding hydrogens is 208 g/mol. The van der Waals surface area contributed by atoms with Gasteiger partial charge in [0.1, 0.15) is 6.61 Å². The third-order valence-corrected chi connectivity index (χ3v) is 2.51. The summed E-state index contributed by atoms with van der Waals surface area (Å²) in [5.41, 5.74) is 0. The van der Waals surface area contributed by atoms with Crippen LogP contribution in [0, 0.1) is 0 Å². The highest BCUT2D eigenvalue weighted by molar-refractivity contribution is 5.77. The number of amides is 1. The third kappa shape index (κ3) is 6.05. The lowest BCUT2D eigenvalue weighted by Gasteiger charge is -2.26. The van der Waals surface area contributed by atoms with Crippen molar-refractivity contribution < 1.29 is 14.3 Å². The molecule has 1 saturated heterocycles. The van der Waals surface area contributed by atoms with Crippen LogP contribution in [0.1, 0.15) is 13.3 Å². The van der Waals surface area contributed by atoms with Gasteiger partial charge in [-0.25, -0.2) is 0 Å². The van der Waals surface area contributed by atoms with E-state index in [-0.39, 0.29) is 12.5 Å². The van der Waals surface area contributed by atoms with Crippen molar-refractivity contribution in [2.75, 3.05) is 52.6 Å². The summed E-state index contributed by atoms with van der Waals surface area (Å²) < 4.78 is 10.3. The molecule has 0 bridgehead atoms. The number of hydrogen-bond acceptors (Lipinski definition) is 4. The number of hydrogen-bond donors (Lipinski definition) is 1. The lowest BCUT2D eigenvalue weighted by molar-refractivity contribution is -0.125. The Balaban J connectivity index is 1.92. The van der Waals surface area contributed by atoms with Crippen LogP contribution in [0.4, 0.5) is 0 Å². The molecule has 0 aromatic rings. The van der Waals surface area contributed by atoms with Crippen LogP contribution in [0.3, 0.4) is 0 Å². The topological polar surface area (TPSA) is 50.8 Å². The molecule has 0 aromatic heterocycles. The van der Waals surface area contributed by atoms with Crippen LogP contribution in [0.25, 0.3) is 0 Å². The lowest BCUT2D eigenvalue weighted by Crippen LogP contribution is -2.38. The van der Waals surface area contributed by atoms with Crippen molar-refractivity contribution in [2.24, 2.45) is 0 Å². The molecule has 1 N–H and O–H groups in total. The summed E-state index contributed by atoms with van der Waals surface area (Å²) >= 11 is 0. The highest BCUT2D eigenvalue weighted by Crippen LogP contribution is 1.97. The highest BCUT2D eigenvalue weighted by Gasteiger charge is 2.09. The van der Waals surface area contributed by atoms with Gasteiger partial charge in [0.15, 0.2) is 0 Å². The van der Waals surface area contributed by atoms with Crippen LogP contribution in [0.2, 0.25) is 0 Å². The van der Waals surface area contributed by atoms with Gasteiger partial charge in [0, 0.05) is 26.2 Å². The fraction of sp³-hybridized carbons (Fsp3) is 0.909. The van der Waals surface area contributed by atoms with Crippen molar-refractivity contribution in [3.63, 3.8) is 0 Å². The van der Waals surface area contributed by atoms with Crippen LogP contribution in [-0.4, -0.2) is 63.4 Å². The average molecular weight is 230 g/mol. The second-order valence-corrected chi connectivity index (χ2v) is 3.79. The molecule has 0 aliphatic carbocycles. The van der Waals surface area contributed by atoms with Crippen LogP contribution in [0.5, 0.6) is 0 Å². The number of rotatable bonds is 7. The lowest BCUT2D eigenvalue weighted by atomic mass is 10.3. The maximum absolute atomic E-state index is 11.2. The molecule has 16 heavy (non-hydrogen) atoms. The Labute approximate surface area is 97.1 Å². The minimum atomic E-state index is -0.0242. The van der Waals surface area contributed by atoms with E-state index in [1.54, 1.807) is 0 Å². The first kappa shape index (κ1) is 13.4. The maximum atomic E-state index is 11.2. The van der Waals surface area contributed by atoms with Gasteiger partial charge in [-0.05, 0) is 19.9 Å². The Kier molecular flexibility index (Phi) is 7.12. The summed E-state index contributed by atoms with van der Waals surface area (Å²) in [6, 6.07) is 0. The standard InChI is InChI=1S/C11H22N2O3/c1-2-15-10-11(14)12-4-3-5-13-6-8-16-9-7-13/h2-10H2,1H3,(H,12,14). The van der Waals surface area contributed by atoms with Crippen molar-refractivity contribution >= 4 is 5.91 Å². The Morgan fingerprint density at radius 2 is 2.19 bits per heavy atom. The summed E-state index contributed by atoms with van der Waals surface area (Å²) in [6.07, 6.45) is 0.984. The maximum Gasteiger partial charge on any atom is 0.245 e. The SMILES string of the molecule is CCOCC(=O)NCCCN1CCOCC1. The van der Waals surface area contributed by atoms with Crippen molar-refractivity contribution in [3.05, 3.63) is 0 Å². The summed E-state index contributed by atoms with van der Waals surface area (Å²) in [7, 11) is 0. The molecule has 1 fully saturated rings. The minimum absolute atomic E-state index is 0.0242. The Morgan fingerprint density at radius 3 is 2.88 bits per heavy atom. The van der Waals surface area contributed by atoms with Crippen LogP contribution in [-0.2, 0) is 14.3 Å². The monoisotopic (exact) mass is 230 g/mol. The molecule has 0 aromatic carbocycles. The predicted molar refractivity (Wildman–Crippen MR) is 61.4 cm³/mol. The first-order valence-corrected chi connectivity index (χ1v) is 5.97. The van der Waals surface area contributed by atoms with Gasteiger partial charge in [-0.2, -0.15) is 0 Å². The molecular formula is C11H22N2O3. The van der Waals surface area contributed by atoms with Gasteiger partial charge in [0.25, 0.3) is 0 Å². The summed E-state index contributed by atoms with van der Waals surface area (Å²) in [5.74, 6) is -0.0242. The number of nitrogens with zero attached hydrogens (tertiary/aromatic N) is 1. The number of morpholine rings is 1. The molecule has 0 spiro atoms. The van der Waals surface area contributed by atoms with Crippen LogP contribution >= 0.6 is 0 Å². The van der Waals surface area contributed by atoms with Crippen molar-refractivity contribution in [1.29, 1.82) is 0 Å². The average Bonchev–Trinajstić information content (AvgIpc) is 2.33. The molecule has 5 heteroatoms. The second kappa shape index (κ2) is 8.50. The van der Waals surface area contributed by atoms with Crippen molar-refractivity contribution in [1.82, 2.24) is 10.2 Å². The van der Waals surface area contributed by atoms with Crippen LogP contribution in [0.15, 0.2) is 0 Å². The fourth-order valence-electron chi connectivity index (χ4n) is 1.60. The van der Waals surface area contributed by atoms with Gasteiger partial charge in [-0.1, -0.05) is 0 Å². The van der Waals surface area contributed by atoms with E-state index in [2.05, 4.69) is 10.2 Å². The number of nitrogens with one attached hydrogen (secondary N) is 1. The second-order valence-electron chi connectivity index (χ2n) is 3.79. The number of carbonyl (C=O) groups excluding carboxylic acids is 1. The quantitative estimate of drug-likeness (QED) is 0.619. The molecule has 1 rings (SSSR count). The first-order chi connectivity index (χ1) is 7.83. The van der Waals surface area contributed by atoms with Gasteiger partial charge >= 0.3 is 0 Å². The zero-order valence-corrected chi connectivity index (χ0v) is 10.0. The largest absolute Gasteiger partial charge is 0.379 e. The fourth-order valence-corrected chi connectivity index (χ4v) is 1.60. The molecule has 0 saturated carbocycles. The predicted octanol–water partition coefficient (Wildman–Crippen LogP) is -0.139. The Morgan fingerprint density at radius 1 is 1.44 bits per heavy atom. The molecule has 1 aliphatic heterocycles. The van der Waals surface area contributed by atoms with Gasteiger partial charge in [-0.3, -0.25) is 9.69 Å². The molecule has 1 aliphatic rings. The van der Waals surface area contributed by atoms with Gasteiger partial charge in [0.05, 0.1) is 13.2 Å². The zero-order valence-electron chi connectivity index (χ0n) is 10.0. The normalized spacial score (nSPS) is 17.3.